The molecule has 2 aromatic carbocycles. The lowest BCUT2D eigenvalue weighted by Crippen LogP contribution is -2.31. The van der Waals surface area contributed by atoms with Gasteiger partial charge in [0.15, 0.2) is 6.10 Å². The lowest BCUT2D eigenvalue weighted by molar-refractivity contribution is -0.137. The van der Waals surface area contributed by atoms with Gasteiger partial charge in [0, 0.05) is 0 Å². The van der Waals surface area contributed by atoms with E-state index >= 15 is 0 Å². The molecule has 1 atom stereocenters. The molecule has 0 spiro atoms. The van der Waals surface area contributed by atoms with E-state index in [1.165, 1.54) is 56.5 Å². The van der Waals surface area contributed by atoms with Crippen molar-refractivity contribution in [1.82, 2.24) is 0 Å². The highest BCUT2D eigenvalue weighted by molar-refractivity contribution is 5.95. The van der Waals surface area contributed by atoms with Crippen LogP contribution in [0.5, 0.6) is 5.75 Å². The van der Waals surface area contributed by atoms with E-state index in [4.69, 9.17) is 4.74 Å². The van der Waals surface area contributed by atoms with Crippen LogP contribution in [0, 0.1) is 0 Å². The average Bonchev–Trinajstić information content (AvgIpc) is 2.61. The molecule has 0 fully saturated rings. The Hall–Kier alpha value is -3.03. The molecule has 5 nitrogen and oxygen atoms in total. The minimum Gasteiger partial charge on any atom is -0.481 e. The topological polar surface area (TPSA) is 64.6 Å². The molecule has 2 aromatic rings. The fourth-order valence-corrected chi connectivity index (χ4v) is 2.12. The van der Waals surface area contributed by atoms with E-state index < -0.39 is 29.7 Å². The third-order valence-electron chi connectivity index (χ3n) is 3.45. The number of amides is 1. The smallest absolute Gasteiger partial charge is 0.418 e. The first kappa shape index (κ1) is 19.3. The zero-order chi connectivity index (χ0) is 19.3. The van der Waals surface area contributed by atoms with Gasteiger partial charge in [-0.2, -0.15) is 13.2 Å². The summed E-state index contributed by atoms with van der Waals surface area (Å²) in [5, 5.41) is 2.22. The Morgan fingerprint density at radius 2 is 1.65 bits per heavy atom. The summed E-state index contributed by atoms with van der Waals surface area (Å²) in [5.41, 5.74) is -0.986. The van der Waals surface area contributed by atoms with Crippen molar-refractivity contribution >= 4 is 17.6 Å². The Labute approximate surface area is 147 Å². The number of benzene rings is 2. The van der Waals surface area contributed by atoms with Gasteiger partial charge in [-0.15, -0.1) is 0 Å². The Balaban J connectivity index is 2.06. The van der Waals surface area contributed by atoms with Gasteiger partial charge in [-0.25, -0.2) is 4.79 Å². The van der Waals surface area contributed by atoms with Crippen molar-refractivity contribution in [3.05, 3.63) is 59.7 Å². The minimum absolute atomic E-state index is 0.282. The summed E-state index contributed by atoms with van der Waals surface area (Å²) in [6.45, 7) is 1.40. The first-order valence-corrected chi connectivity index (χ1v) is 7.54. The van der Waals surface area contributed by atoms with Gasteiger partial charge >= 0.3 is 12.1 Å². The molecule has 2 rings (SSSR count). The summed E-state index contributed by atoms with van der Waals surface area (Å²) in [6, 6.07) is 10.5. The van der Waals surface area contributed by atoms with Crippen molar-refractivity contribution in [2.45, 2.75) is 19.2 Å². The average molecular weight is 367 g/mol. The summed E-state index contributed by atoms with van der Waals surface area (Å²) in [7, 11) is 1.25. The number of nitrogens with one attached hydrogen (secondary N) is 1. The normalized spacial score (nSPS) is 12.2. The molecule has 8 heteroatoms. The van der Waals surface area contributed by atoms with Crippen molar-refractivity contribution in [3.63, 3.8) is 0 Å². The second kappa shape index (κ2) is 7.90. The van der Waals surface area contributed by atoms with Crippen molar-refractivity contribution in [1.29, 1.82) is 0 Å². The van der Waals surface area contributed by atoms with Gasteiger partial charge < -0.3 is 14.8 Å². The molecule has 0 saturated heterocycles. The highest BCUT2D eigenvalue weighted by Crippen LogP contribution is 2.34. The van der Waals surface area contributed by atoms with Crippen molar-refractivity contribution in [2.24, 2.45) is 0 Å². The molecular formula is C18H16F3NO4. The lowest BCUT2D eigenvalue weighted by Gasteiger charge is -2.17. The van der Waals surface area contributed by atoms with E-state index in [1.54, 1.807) is 0 Å². The van der Waals surface area contributed by atoms with Gasteiger partial charge in [-0.1, -0.05) is 12.1 Å². The Kier molecular flexibility index (Phi) is 5.86. The molecule has 1 N–H and O–H groups in total. The van der Waals surface area contributed by atoms with Gasteiger partial charge in [0.05, 0.1) is 23.9 Å². The van der Waals surface area contributed by atoms with Crippen molar-refractivity contribution in [2.75, 3.05) is 12.4 Å². The van der Waals surface area contributed by atoms with E-state index in [0.29, 0.717) is 5.56 Å². The van der Waals surface area contributed by atoms with E-state index in [0.717, 1.165) is 6.07 Å². The maximum atomic E-state index is 13.0. The van der Waals surface area contributed by atoms with Gasteiger partial charge in [0.1, 0.15) is 5.75 Å². The van der Waals surface area contributed by atoms with Crippen LogP contribution in [-0.2, 0) is 15.7 Å². The third-order valence-corrected chi connectivity index (χ3v) is 3.45. The SMILES string of the molecule is COC(=O)c1ccc(OC(C)C(=O)Nc2ccccc2C(F)(F)F)cc1. The molecule has 0 radical (unpaired) electrons. The number of para-hydroxylation sites is 1. The summed E-state index contributed by atoms with van der Waals surface area (Å²) in [4.78, 5) is 23.5. The number of carbonyl (C=O) groups is 2. The number of hydrogen-bond donors (Lipinski definition) is 1. The summed E-state index contributed by atoms with van der Waals surface area (Å²) in [5.74, 6) is -0.978. The first-order valence-electron chi connectivity index (χ1n) is 7.54. The van der Waals surface area contributed by atoms with Crippen LogP contribution >= 0.6 is 0 Å². The molecule has 1 amide bonds. The first-order chi connectivity index (χ1) is 12.2. The Morgan fingerprint density at radius 1 is 1.04 bits per heavy atom. The number of hydrogen-bond acceptors (Lipinski definition) is 4. The molecule has 0 heterocycles. The number of ether oxygens (including phenoxy) is 2. The number of halogens is 3. The Morgan fingerprint density at radius 3 is 2.23 bits per heavy atom. The lowest BCUT2D eigenvalue weighted by atomic mass is 10.1. The minimum atomic E-state index is -4.59. The van der Waals surface area contributed by atoms with Crippen molar-refractivity contribution < 1.29 is 32.2 Å². The molecule has 0 aliphatic carbocycles. The fraction of sp³-hybridized carbons (Fsp3) is 0.222. The van der Waals surface area contributed by atoms with Crippen LogP contribution < -0.4 is 10.1 Å². The van der Waals surface area contributed by atoms with Crippen LogP contribution in [0.2, 0.25) is 0 Å². The van der Waals surface area contributed by atoms with Crippen molar-refractivity contribution in [3.8, 4) is 5.75 Å². The monoisotopic (exact) mass is 367 g/mol. The molecule has 1 unspecified atom stereocenters. The fourth-order valence-electron chi connectivity index (χ4n) is 2.12. The highest BCUT2D eigenvalue weighted by atomic mass is 19.4. The van der Waals surface area contributed by atoms with E-state index in [1.807, 2.05) is 0 Å². The quantitative estimate of drug-likeness (QED) is 0.814. The summed E-state index contributed by atoms with van der Waals surface area (Å²) >= 11 is 0. The molecule has 138 valence electrons. The molecule has 0 aliphatic heterocycles. The van der Waals surface area contributed by atoms with Gasteiger partial charge in [0.2, 0.25) is 0 Å². The molecule has 0 saturated carbocycles. The molecule has 0 bridgehead atoms. The largest absolute Gasteiger partial charge is 0.481 e. The molecule has 0 aromatic heterocycles. The Bertz CT molecular complexity index is 788. The molecular weight excluding hydrogens is 351 g/mol. The van der Waals surface area contributed by atoms with Crippen LogP contribution in [0.1, 0.15) is 22.8 Å². The van der Waals surface area contributed by atoms with E-state index in [9.17, 15) is 22.8 Å². The number of methoxy groups -OCH3 is 1. The summed E-state index contributed by atoms with van der Waals surface area (Å²) < 4.78 is 48.8. The standard InChI is InChI=1S/C18H16F3NO4/c1-11(26-13-9-7-12(8-10-13)17(24)25-2)16(23)22-15-6-4-3-5-14(15)18(19,20)21/h3-11H,1-2H3,(H,22,23). The number of rotatable bonds is 5. The summed E-state index contributed by atoms with van der Waals surface area (Å²) in [6.07, 6.45) is -5.64. The molecule has 0 aliphatic rings. The maximum absolute atomic E-state index is 13.0. The number of carbonyl (C=O) groups excluding carboxylic acids is 2. The van der Waals surface area contributed by atoms with Crippen LogP contribution in [0.3, 0.4) is 0 Å². The van der Waals surface area contributed by atoms with E-state index in [-0.39, 0.29) is 11.4 Å². The van der Waals surface area contributed by atoms with Gasteiger partial charge in [-0.3, -0.25) is 4.79 Å². The number of esters is 1. The van der Waals surface area contributed by atoms with Crippen LogP contribution in [0.25, 0.3) is 0 Å². The predicted molar refractivity (Wildman–Crippen MR) is 87.9 cm³/mol. The maximum Gasteiger partial charge on any atom is 0.418 e. The van der Waals surface area contributed by atoms with E-state index in [2.05, 4.69) is 10.1 Å². The predicted octanol–water partition coefficient (Wildman–Crippen LogP) is 3.90. The van der Waals surface area contributed by atoms with Crippen LogP contribution in [-0.4, -0.2) is 25.1 Å². The van der Waals surface area contributed by atoms with Crippen LogP contribution in [0.15, 0.2) is 48.5 Å². The zero-order valence-corrected chi connectivity index (χ0v) is 14.0. The zero-order valence-electron chi connectivity index (χ0n) is 14.0. The van der Waals surface area contributed by atoms with Gasteiger partial charge in [-0.05, 0) is 43.3 Å². The van der Waals surface area contributed by atoms with Crippen LogP contribution in [0.4, 0.5) is 18.9 Å². The van der Waals surface area contributed by atoms with Gasteiger partial charge in [0.25, 0.3) is 5.91 Å². The highest BCUT2D eigenvalue weighted by Gasteiger charge is 2.34. The number of alkyl halides is 3. The second-order valence-electron chi connectivity index (χ2n) is 5.31. The third kappa shape index (κ3) is 4.75. The number of anilines is 1. The second-order valence-corrected chi connectivity index (χ2v) is 5.31. The molecule has 26 heavy (non-hydrogen) atoms.